The molecule has 1 atom stereocenters. The van der Waals surface area contributed by atoms with Crippen molar-refractivity contribution in [1.29, 1.82) is 0 Å². The van der Waals surface area contributed by atoms with E-state index in [2.05, 4.69) is 9.97 Å². The van der Waals surface area contributed by atoms with E-state index in [1.807, 2.05) is 12.3 Å². The van der Waals surface area contributed by atoms with Gasteiger partial charge in [-0.15, -0.1) is 11.3 Å². The first kappa shape index (κ1) is 15.4. The van der Waals surface area contributed by atoms with E-state index < -0.39 is 5.97 Å². The first-order valence-electron chi connectivity index (χ1n) is 6.58. The molecule has 1 N–H and O–H groups in total. The minimum atomic E-state index is -0.929. The lowest BCUT2D eigenvalue weighted by molar-refractivity contribution is -0.136. The highest BCUT2D eigenvalue weighted by atomic mass is 32.1. The van der Waals surface area contributed by atoms with Gasteiger partial charge in [-0.05, 0) is 13.8 Å². The Morgan fingerprint density at radius 2 is 2.19 bits per heavy atom. The van der Waals surface area contributed by atoms with Crippen molar-refractivity contribution in [2.45, 2.75) is 39.7 Å². The molecule has 0 aliphatic heterocycles. The first-order chi connectivity index (χ1) is 9.90. The summed E-state index contributed by atoms with van der Waals surface area (Å²) >= 11 is 1.54. The number of aromatic nitrogens is 3. The predicted molar refractivity (Wildman–Crippen MR) is 79.8 cm³/mol. The third-order valence-electron chi connectivity index (χ3n) is 3.43. The van der Waals surface area contributed by atoms with Gasteiger partial charge in [0.2, 0.25) is 0 Å². The largest absolute Gasteiger partial charge is 0.481 e. The molecule has 2 rings (SSSR count). The number of carboxylic acids is 1. The van der Waals surface area contributed by atoms with Gasteiger partial charge in [-0.2, -0.15) is 4.98 Å². The molecule has 0 saturated carbocycles. The summed E-state index contributed by atoms with van der Waals surface area (Å²) in [5.74, 6) is -0.857. The van der Waals surface area contributed by atoms with Gasteiger partial charge in [-0.3, -0.25) is 9.36 Å². The summed E-state index contributed by atoms with van der Waals surface area (Å²) in [5, 5.41) is 11.8. The Balaban J connectivity index is 2.39. The van der Waals surface area contributed by atoms with Crippen LogP contribution in [-0.4, -0.2) is 25.6 Å². The highest BCUT2D eigenvalue weighted by Crippen LogP contribution is 2.20. The SMILES string of the molecule is Cc1nc(=O)n(CC(C)c2nccs2)c(C)c1CC(=O)O. The molecular weight excluding hydrogens is 290 g/mol. The van der Waals surface area contributed by atoms with Gasteiger partial charge in [-0.1, -0.05) is 6.92 Å². The van der Waals surface area contributed by atoms with Crippen molar-refractivity contribution in [3.63, 3.8) is 0 Å². The molecule has 0 radical (unpaired) electrons. The number of hydrogen-bond acceptors (Lipinski definition) is 5. The van der Waals surface area contributed by atoms with Crippen LogP contribution in [0.2, 0.25) is 0 Å². The summed E-state index contributed by atoms with van der Waals surface area (Å²) in [7, 11) is 0. The average molecular weight is 307 g/mol. The zero-order valence-corrected chi connectivity index (χ0v) is 13.0. The van der Waals surface area contributed by atoms with Gasteiger partial charge in [0, 0.05) is 41.0 Å². The smallest absolute Gasteiger partial charge is 0.347 e. The van der Waals surface area contributed by atoms with E-state index in [0.29, 0.717) is 23.5 Å². The normalized spacial score (nSPS) is 12.3. The molecule has 0 aliphatic carbocycles. The molecule has 7 heteroatoms. The Kier molecular flexibility index (Phi) is 4.52. The molecule has 2 aromatic heterocycles. The predicted octanol–water partition coefficient (Wildman–Crippen LogP) is 1.75. The number of aliphatic carboxylic acids is 1. The first-order valence-corrected chi connectivity index (χ1v) is 7.46. The molecule has 0 amide bonds. The Bertz CT molecular complexity index is 707. The summed E-state index contributed by atoms with van der Waals surface area (Å²) < 4.78 is 1.54. The number of rotatable bonds is 5. The number of thiazole rings is 1. The molecule has 6 nitrogen and oxygen atoms in total. The average Bonchev–Trinajstić information content (AvgIpc) is 2.93. The van der Waals surface area contributed by atoms with Crippen molar-refractivity contribution in [2.75, 3.05) is 0 Å². The van der Waals surface area contributed by atoms with Crippen molar-refractivity contribution in [3.8, 4) is 0 Å². The van der Waals surface area contributed by atoms with Crippen molar-refractivity contribution >= 4 is 17.3 Å². The molecule has 0 fully saturated rings. The topological polar surface area (TPSA) is 85.1 Å². The number of carbonyl (C=O) groups is 1. The molecule has 0 aliphatic rings. The zero-order valence-electron chi connectivity index (χ0n) is 12.2. The molecule has 0 aromatic carbocycles. The third-order valence-corrected chi connectivity index (χ3v) is 4.44. The minimum Gasteiger partial charge on any atom is -0.481 e. The number of carboxylic acid groups (broad SMARTS) is 1. The van der Waals surface area contributed by atoms with Crippen LogP contribution in [0.5, 0.6) is 0 Å². The van der Waals surface area contributed by atoms with Gasteiger partial charge in [0.25, 0.3) is 0 Å². The maximum absolute atomic E-state index is 12.1. The fraction of sp³-hybridized carbons (Fsp3) is 0.429. The van der Waals surface area contributed by atoms with Crippen molar-refractivity contribution in [1.82, 2.24) is 14.5 Å². The lowest BCUT2D eigenvalue weighted by Gasteiger charge is -2.17. The monoisotopic (exact) mass is 307 g/mol. The molecule has 2 heterocycles. The van der Waals surface area contributed by atoms with Crippen molar-refractivity contribution < 1.29 is 9.90 Å². The molecule has 21 heavy (non-hydrogen) atoms. The van der Waals surface area contributed by atoms with Gasteiger partial charge in [-0.25, -0.2) is 9.78 Å². The second-order valence-electron chi connectivity index (χ2n) is 5.00. The highest BCUT2D eigenvalue weighted by Gasteiger charge is 2.17. The van der Waals surface area contributed by atoms with Crippen LogP contribution < -0.4 is 5.69 Å². The van der Waals surface area contributed by atoms with Gasteiger partial charge >= 0.3 is 11.7 Å². The van der Waals surface area contributed by atoms with Gasteiger partial charge < -0.3 is 5.11 Å². The summed E-state index contributed by atoms with van der Waals surface area (Å²) in [4.78, 5) is 31.2. The maximum atomic E-state index is 12.1. The third kappa shape index (κ3) is 3.36. The van der Waals surface area contributed by atoms with Gasteiger partial charge in [0.15, 0.2) is 0 Å². The molecular formula is C14H17N3O3S. The van der Waals surface area contributed by atoms with E-state index >= 15 is 0 Å². The highest BCUT2D eigenvalue weighted by molar-refractivity contribution is 7.09. The minimum absolute atomic E-state index is 0.0728. The summed E-state index contributed by atoms with van der Waals surface area (Å²) in [6.07, 6.45) is 1.60. The van der Waals surface area contributed by atoms with Crippen molar-refractivity contribution in [3.05, 3.63) is 44.0 Å². The van der Waals surface area contributed by atoms with E-state index in [0.717, 1.165) is 5.01 Å². The summed E-state index contributed by atoms with van der Waals surface area (Å²) in [5.41, 5.74) is 1.41. The fourth-order valence-corrected chi connectivity index (χ4v) is 2.98. The van der Waals surface area contributed by atoms with Crippen LogP contribution in [0.1, 0.15) is 34.8 Å². The van der Waals surface area contributed by atoms with Crippen LogP contribution in [0.15, 0.2) is 16.4 Å². The molecule has 2 aromatic rings. The standard InChI is InChI=1S/C14H17N3O3S/c1-8(13-15-4-5-21-13)7-17-10(3)11(6-12(18)19)9(2)16-14(17)20/h4-5,8H,6-7H2,1-3H3,(H,18,19). The molecule has 0 spiro atoms. The Morgan fingerprint density at radius 3 is 2.76 bits per heavy atom. The van der Waals surface area contributed by atoms with Gasteiger partial charge in [0.1, 0.15) is 0 Å². The van der Waals surface area contributed by atoms with E-state index in [-0.39, 0.29) is 18.0 Å². The fourth-order valence-electron chi connectivity index (χ4n) is 2.29. The summed E-state index contributed by atoms with van der Waals surface area (Å²) in [6.45, 7) is 5.86. The second-order valence-corrected chi connectivity index (χ2v) is 5.92. The van der Waals surface area contributed by atoms with E-state index in [9.17, 15) is 9.59 Å². The van der Waals surface area contributed by atoms with Crippen molar-refractivity contribution in [2.24, 2.45) is 0 Å². The van der Waals surface area contributed by atoms with Crippen LogP contribution >= 0.6 is 11.3 Å². The molecule has 112 valence electrons. The summed E-state index contributed by atoms with van der Waals surface area (Å²) in [6, 6.07) is 0. The van der Waals surface area contributed by atoms with E-state index in [1.54, 1.807) is 20.0 Å². The second kappa shape index (κ2) is 6.17. The zero-order chi connectivity index (χ0) is 15.6. The Labute approximate surface area is 126 Å². The van der Waals surface area contributed by atoms with Crippen LogP contribution in [-0.2, 0) is 17.8 Å². The number of nitrogens with zero attached hydrogens (tertiary/aromatic N) is 3. The lowest BCUT2D eigenvalue weighted by Crippen LogP contribution is -2.30. The number of aryl methyl sites for hydroxylation is 1. The van der Waals surface area contributed by atoms with E-state index in [1.165, 1.54) is 15.9 Å². The molecule has 0 bridgehead atoms. The van der Waals surface area contributed by atoms with E-state index in [4.69, 9.17) is 5.11 Å². The van der Waals surface area contributed by atoms with Crippen LogP contribution in [0.4, 0.5) is 0 Å². The Hall–Kier alpha value is -2.02. The Morgan fingerprint density at radius 1 is 1.48 bits per heavy atom. The quantitative estimate of drug-likeness (QED) is 0.909. The van der Waals surface area contributed by atoms with Crippen LogP contribution in [0.3, 0.4) is 0 Å². The van der Waals surface area contributed by atoms with Crippen LogP contribution in [0, 0.1) is 13.8 Å². The molecule has 1 unspecified atom stereocenters. The maximum Gasteiger partial charge on any atom is 0.347 e. The van der Waals surface area contributed by atoms with Gasteiger partial charge in [0.05, 0.1) is 11.4 Å². The molecule has 0 saturated heterocycles. The number of hydrogen-bond donors (Lipinski definition) is 1. The lowest BCUT2D eigenvalue weighted by atomic mass is 10.1. The van der Waals surface area contributed by atoms with Crippen LogP contribution in [0.25, 0.3) is 0 Å².